The summed E-state index contributed by atoms with van der Waals surface area (Å²) in [6, 6.07) is 28.8. The van der Waals surface area contributed by atoms with Crippen LogP contribution in [-0.2, 0) is 15.0 Å². The molecule has 0 saturated carbocycles. The molecule has 0 amide bonds. The average Bonchev–Trinajstić information content (AvgIpc) is 3.34. The molecule has 4 heteroatoms. The molecule has 0 aromatic heterocycles. The molecule has 0 saturated heterocycles. The highest BCUT2D eigenvalue weighted by Crippen LogP contribution is 2.63. The first-order valence-corrected chi connectivity index (χ1v) is 13.4. The summed E-state index contributed by atoms with van der Waals surface area (Å²) in [5.41, 5.74) is 6.99. The summed E-state index contributed by atoms with van der Waals surface area (Å²) in [5, 5.41) is 0. The number of benzene rings is 4. The molecule has 6 rings (SSSR count). The fourth-order valence-corrected chi connectivity index (χ4v) is 5.74. The third-order valence-electron chi connectivity index (χ3n) is 7.68. The number of fused-ring (bicyclic) bond motifs is 10. The van der Waals surface area contributed by atoms with E-state index in [9.17, 15) is 9.59 Å². The van der Waals surface area contributed by atoms with E-state index < -0.39 is 16.2 Å². The molecular weight excluding hydrogens is 484 g/mol. The maximum atomic E-state index is 12.8. The summed E-state index contributed by atoms with van der Waals surface area (Å²) in [7, 11) is 0. The highest BCUT2D eigenvalue weighted by atomic mass is 16.5. The summed E-state index contributed by atoms with van der Waals surface area (Å²) >= 11 is 0. The van der Waals surface area contributed by atoms with Crippen LogP contribution in [0.4, 0.5) is 0 Å². The molecule has 0 fully saturated rings. The lowest BCUT2D eigenvalue weighted by Crippen LogP contribution is -2.28. The van der Waals surface area contributed by atoms with Crippen LogP contribution in [0.15, 0.2) is 84.9 Å². The predicted octanol–water partition coefficient (Wildman–Crippen LogP) is 7.93. The molecule has 0 aliphatic heterocycles. The lowest BCUT2D eigenvalue weighted by atomic mass is 9.70. The molecule has 196 valence electrons. The van der Waals surface area contributed by atoms with Gasteiger partial charge in [0.25, 0.3) is 0 Å². The number of esters is 2. The van der Waals surface area contributed by atoms with Crippen LogP contribution in [-0.4, -0.2) is 11.9 Å². The second-order valence-corrected chi connectivity index (χ2v) is 12.5. The van der Waals surface area contributed by atoms with E-state index in [1.165, 1.54) is 0 Å². The van der Waals surface area contributed by atoms with Crippen LogP contribution in [0.2, 0.25) is 0 Å². The van der Waals surface area contributed by atoms with E-state index in [-0.39, 0.29) is 11.9 Å². The van der Waals surface area contributed by atoms with Crippen molar-refractivity contribution in [1.29, 1.82) is 0 Å². The van der Waals surface area contributed by atoms with Crippen molar-refractivity contribution in [2.24, 2.45) is 10.8 Å². The van der Waals surface area contributed by atoms with E-state index in [1.807, 2.05) is 65.8 Å². The van der Waals surface area contributed by atoms with Gasteiger partial charge in [0.05, 0.1) is 16.2 Å². The number of carbonyl (C=O) groups excluding carboxylic acids is 2. The van der Waals surface area contributed by atoms with Crippen molar-refractivity contribution in [3.63, 3.8) is 0 Å². The molecular formula is C35H32O4. The van der Waals surface area contributed by atoms with Crippen molar-refractivity contribution in [3.8, 4) is 33.8 Å². The zero-order valence-corrected chi connectivity index (χ0v) is 23.2. The van der Waals surface area contributed by atoms with Crippen LogP contribution < -0.4 is 9.47 Å². The molecule has 39 heavy (non-hydrogen) atoms. The predicted molar refractivity (Wildman–Crippen MR) is 153 cm³/mol. The zero-order chi connectivity index (χ0) is 27.7. The normalized spacial score (nSPS) is 14.3. The summed E-state index contributed by atoms with van der Waals surface area (Å²) in [6.07, 6.45) is 0. The fraction of sp³-hybridized carbons (Fsp3) is 0.257. The topological polar surface area (TPSA) is 52.6 Å². The van der Waals surface area contributed by atoms with E-state index in [4.69, 9.17) is 9.47 Å². The number of carbonyl (C=O) groups is 2. The highest BCUT2D eigenvalue weighted by molar-refractivity contribution is 5.95. The number of hydrogen-bond acceptors (Lipinski definition) is 4. The van der Waals surface area contributed by atoms with Crippen molar-refractivity contribution in [2.45, 2.75) is 47.0 Å². The van der Waals surface area contributed by atoms with Crippen molar-refractivity contribution < 1.29 is 19.1 Å². The van der Waals surface area contributed by atoms with E-state index >= 15 is 0 Å². The van der Waals surface area contributed by atoms with Gasteiger partial charge in [-0.2, -0.15) is 0 Å². The standard InChI is InChI=1S/C35H32O4/c1-33(2,3)31(36)38-21-15-17-25-23-11-7-9-13-27(23)35(29(25)19-21)28-14-10-8-12-24(28)26-18-16-22(20-30(26)35)39-32(37)34(4,5)6/h7-20H,1-6H3. The van der Waals surface area contributed by atoms with E-state index in [1.54, 1.807) is 0 Å². The minimum Gasteiger partial charge on any atom is -0.426 e. The molecule has 0 heterocycles. The van der Waals surface area contributed by atoms with Crippen LogP contribution in [0.25, 0.3) is 22.3 Å². The lowest BCUT2D eigenvalue weighted by molar-refractivity contribution is -0.143. The Hall–Kier alpha value is -4.18. The van der Waals surface area contributed by atoms with Crippen LogP contribution in [0.1, 0.15) is 63.8 Å². The first-order chi connectivity index (χ1) is 18.4. The Morgan fingerprint density at radius 1 is 0.513 bits per heavy atom. The molecule has 2 aliphatic carbocycles. The van der Waals surface area contributed by atoms with E-state index in [0.717, 1.165) is 44.5 Å². The SMILES string of the molecule is CC(C)(C)C(=O)Oc1ccc2c(c1)C1(c3ccccc3-2)c2ccccc2-c2ccc(OC(=O)C(C)(C)C)cc21. The second kappa shape index (κ2) is 8.41. The average molecular weight is 517 g/mol. The molecule has 4 aromatic rings. The molecule has 0 N–H and O–H groups in total. The largest absolute Gasteiger partial charge is 0.426 e. The maximum Gasteiger partial charge on any atom is 0.316 e. The molecule has 0 atom stereocenters. The molecule has 0 unspecified atom stereocenters. The van der Waals surface area contributed by atoms with Gasteiger partial charge in [-0.15, -0.1) is 0 Å². The van der Waals surface area contributed by atoms with E-state index in [2.05, 4.69) is 60.7 Å². The van der Waals surface area contributed by atoms with Crippen molar-refractivity contribution >= 4 is 11.9 Å². The Balaban J connectivity index is 1.62. The Kier molecular flexibility index (Phi) is 5.42. The Morgan fingerprint density at radius 3 is 1.26 bits per heavy atom. The first-order valence-electron chi connectivity index (χ1n) is 13.4. The molecule has 0 bridgehead atoms. The summed E-state index contributed by atoms with van der Waals surface area (Å²) in [4.78, 5) is 25.6. The monoisotopic (exact) mass is 516 g/mol. The minimum absolute atomic E-state index is 0.282. The van der Waals surface area contributed by atoms with E-state index in [0.29, 0.717) is 11.5 Å². The highest BCUT2D eigenvalue weighted by Gasteiger charge is 2.52. The lowest BCUT2D eigenvalue weighted by Gasteiger charge is -2.31. The van der Waals surface area contributed by atoms with Gasteiger partial charge in [0.15, 0.2) is 0 Å². The van der Waals surface area contributed by atoms with Gasteiger partial charge in [-0.25, -0.2) is 0 Å². The fourth-order valence-electron chi connectivity index (χ4n) is 5.74. The van der Waals surface area contributed by atoms with Gasteiger partial charge in [-0.3, -0.25) is 9.59 Å². The third kappa shape index (κ3) is 3.73. The molecule has 1 spiro atoms. The molecule has 0 radical (unpaired) electrons. The second-order valence-electron chi connectivity index (χ2n) is 12.5. The number of rotatable bonds is 2. The summed E-state index contributed by atoms with van der Waals surface area (Å²) in [6.45, 7) is 11.1. The maximum absolute atomic E-state index is 12.8. The Labute approximate surface area is 229 Å². The van der Waals surface area contributed by atoms with Gasteiger partial charge in [-0.05, 0) is 110 Å². The third-order valence-corrected chi connectivity index (χ3v) is 7.68. The quantitative estimate of drug-likeness (QED) is 0.173. The van der Waals surface area contributed by atoms with Crippen molar-refractivity contribution in [3.05, 3.63) is 107 Å². The van der Waals surface area contributed by atoms with Crippen molar-refractivity contribution in [1.82, 2.24) is 0 Å². The van der Waals surface area contributed by atoms with Crippen LogP contribution in [0.5, 0.6) is 11.5 Å². The van der Waals surface area contributed by atoms with Crippen LogP contribution in [0.3, 0.4) is 0 Å². The smallest absolute Gasteiger partial charge is 0.316 e. The number of ether oxygens (including phenoxy) is 2. The Morgan fingerprint density at radius 2 is 0.872 bits per heavy atom. The van der Waals surface area contributed by atoms with Gasteiger partial charge < -0.3 is 9.47 Å². The van der Waals surface area contributed by atoms with Gasteiger partial charge in [0.1, 0.15) is 11.5 Å². The van der Waals surface area contributed by atoms with Crippen LogP contribution in [0, 0.1) is 10.8 Å². The summed E-state index contributed by atoms with van der Waals surface area (Å²) < 4.78 is 11.8. The van der Waals surface area contributed by atoms with Gasteiger partial charge in [0, 0.05) is 0 Å². The Bertz CT molecular complexity index is 1540. The van der Waals surface area contributed by atoms with Gasteiger partial charge in [0.2, 0.25) is 0 Å². The molecule has 4 aromatic carbocycles. The minimum atomic E-state index is -0.647. The van der Waals surface area contributed by atoms with Gasteiger partial charge >= 0.3 is 11.9 Å². The molecule has 4 nitrogen and oxygen atoms in total. The summed E-state index contributed by atoms with van der Waals surface area (Å²) in [5.74, 6) is 0.468. The number of hydrogen-bond donors (Lipinski definition) is 0. The molecule has 2 aliphatic rings. The zero-order valence-electron chi connectivity index (χ0n) is 23.2. The van der Waals surface area contributed by atoms with Gasteiger partial charge in [-0.1, -0.05) is 60.7 Å². The van der Waals surface area contributed by atoms with Crippen LogP contribution >= 0.6 is 0 Å². The first kappa shape index (κ1) is 25.1. The van der Waals surface area contributed by atoms with Crippen molar-refractivity contribution in [2.75, 3.05) is 0 Å².